The number of para-hydroxylation sites is 2. The molecule has 3 aromatic carbocycles. The number of ketones is 1. The molecule has 1 aliphatic heterocycles. The Labute approximate surface area is 223 Å². The van der Waals surface area contributed by atoms with Crippen molar-refractivity contribution in [1.29, 1.82) is 0 Å². The monoisotopic (exact) mass is 528 g/mol. The van der Waals surface area contributed by atoms with E-state index >= 15 is 0 Å². The van der Waals surface area contributed by atoms with Crippen LogP contribution in [0.2, 0.25) is 5.02 Å². The van der Waals surface area contributed by atoms with Crippen LogP contribution in [0.25, 0.3) is 0 Å². The van der Waals surface area contributed by atoms with E-state index in [4.69, 9.17) is 11.6 Å². The van der Waals surface area contributed by atoms with Gasteiger partial charge in [0.15, 0.2) is 5.78 Å². The Hall–Kier alpha value is -3.74. The van der Waals surface area contributed by atoms with Gasteiger partial charge in [-0.2, -0.15) is 0 Å². The third-order valence-corrected chi connectivity index (χ3v) is 8.08. The van der Waals surface area contributed by atoms with Gasteiger partial charge in [-0.3, -0.25) is 14.5 Å². The van der Waals surface area contributed by atoms with Crippen molar-refractivity contribution >= 4 is 46.0 Å². The fourth-order valence-corrected chi connectivity index (χ4v) is 6.05. The minimum Gasteiger partial charge on any atom is -0.357 e. The van der Waals surface area contributed by atoms with Gasteiger partial charge in [0.1, 0.15) is 5.82 Å². The highest BCUT2D eigenvalue weighted by Crippen LogP contribution is 2.48. The van der Waals surface area contributed by atoms with Crippen LogP contribution in [0.15, 0.2) is 102 Å². The number of halogens is 2. The van der Waals surface area contributed by atoms with Crippen LogP contribution in [0.3, 0.4) is 0 Å². The summed E-state index contributed by atoms with van der Waals surface area (Å²) < 4.78 is 13.9. The highest BCUT2D eigenvalue weighted by atomic mass is 35.5. The van der Waals surface area contributed by atoms with Crippen LogP contribution in [0, 0.1) is 5.82 Å². The van der Waals surface area contributed by atoms with Gasteiger partial charge in [-0.25, -0.2) is 4.39 Å². The molecule has 4 nitrogen and oxygen atoms in total. The topological polar surface area (TPSA) is 49.4 Å². The number of hydrogen-bond donors (Lipinski definition) is 1. The number of nitrogens with one attached hydrogen (secondary N) is 1. The van der Waals surface area contributed by atoms with Crippen LogP contribution >= 0.6 is 22.9 Å². The normalized spacial score (nSPS) is 19.1. The zero-order valence-corrected chi connectivity index (χ0v) is 21.2. The number of fused-ring (bicyclic) bond motifs is 1. The largest absolute Gasteiger partial charge is 0.357 e. The third kappa shape index (κ3) is 4.37. The second-order valence-corrected chi connectivity index (χ2v) is 10.6. The minimum absolute atomic E-state index is 0.0309. The van der Waals surface area contributed by atoms with Gasteiger partial charge >= 0.3 is 0 Å². The molecule has 184 valence electrons. The molecule has 1 N–H and O–H groups in total. The van der Waals surface area contributed by atoms with Gasteiger partial charge < -0.3 is 5.32 Å². The molecule has 1 aromatic heterocycles. The summed E-state index contributed by atoms with van der Waals surface area (Å²) in [5.41, 5.74) is 4.44. The SMILES string of the molecule is O=C1CC(c2ccc(Cl)cc2)CC2=C1C(c1ccc(F)cc1)N(C(=O)c1cccs1)c1ccccc1N2. The lowest BCUT2D eigenvalue weighted by Gasteiger charge is -2.35. The molecule has 2 atom stereocenters. The molecule has 1 amide bonds. The van der Waals surface area contributed by atoms with Crippen molar-refractivity contribution < 1.29 is 14.0 Å². The third-order valence-electron chi connectivity index (χ3n) is 6.97. The van der Waals surface area contributed by atoms with Crippen LogP contribution in [0.5, 0.6) is 0 Å². The predicted octanol–water partition coefficient (Wildman–Crippen LogP) is 7.76. The van der Waals surface area contributed by atoms with Crippen molar-refractivity contribution in [3.05, 3.63) is 128 Å². The van der Waals surface area contributed by atoms with E-state index in [9.17, 15) is 14.0 Å². The lowest BCUT2D eigenvalue weighted by atomic mass is 9.78. The van der Waals surface area contributed by atoms with Crippen molar-refractivity contribution in [3.63, 3.8) is 0 Å². The number of carbonyl (C=O) groups excluding carboxylic acids is 2. The Morgan fingerprint density at radius 3 is 2.38 bits per heavy atom. The van der Waals surface area contributed by atoms with Crippen molar-refractivity contribution in [2.24, 2.45) is 0 Å². The summed E-state index contributed by atoms with van der Waals surface area (Å²) in [6, 6.07) is 24.1. The molecule has 2 heterocycles. The minimum atomic E-state index is -0.708. The Balaban J connectivity index is 1.55. The van der Waals surface area contributed by atoms with Gasteiger partial charge in [-0.05, 0) is 71.3 Å². The average molecular weight is 529 g/mol. The van der Waals surface area contributed by atoms with E-state index in [0.717, 1.165) is 16.9 Å². The summed E-state index contributed by atoms with van der Waals surface area (Å²) in [5.74, 6) is -0.657. The van der Waals surface area contributed by atoms with Crippen LogP contribution in [0.1, 0.15) is 45.6 Å². The molecule has 0 bridgehead atoms. The number of benzene rings is 3. The zero-order valence-electron chi connectivity index (χ0n) is 19.7. The molecule has 0 saturated heterocycles. The number of amides is 1. The molecule has 0 fully saturated rings. The first-order chi connectivity index (χ1) is 18.0. The molecule has 4 aromatic rings. The summed E-state index contributed by atoms with van der Waals surface area (Å²) in [6.07, 6.45) is 0.896. The lowest BCUT2D eigenvalue weighted by molar-refractivity contribution is -0.116. The number of allylic oxidation sites excluding steroid dienone is 1. The van der Waals surface area contributed by atoms with Crippen LogP contribution in [-0.2, 0) is 4.79 Å². The quantitative estimate of drug-likeness (QED) is 0.295. The van der Waals surface area contributed by atoms with Gasteiger partial charge in [0, 0.05) is 22.7 Å². The molecule has 0 radical (unpaired) electrons. The number of anilines is 2. The second kappa shape index (κ2) is 9.61. The van der Waals surface area contributed by atoms with E-state index in [0.29, 0.717) is 39.6 Å². The number of Topliss-reactive ketones (excluding diaryl/α,β-unsaturated/α-hetero) is 1. The molecular weight excluding hydrogens is 507 g/mol. The molecular formula is C30H22ClFN2O2S. The molecule has 2 aliphatic rings. The fraction of sp³-hybridized carbons (Fsp3) is 0.133. The summed E-state index contributed by atoms with van der Waals surface area (Å²) in [4.78, 5) is 30.2. The van der Waals surface area contributed by atoms with Gasteiger partial charge in [0.05, 0.1) is 22.3 Å². The first kappa shape index (κ1) is 23.6. The number of carbonyl (C=O) groups is 2. The van der Waals surface area contributed by atoms with Gasteiger partial charge in [0.25, 0.3) is 5.91 Å². The molecule has 1 aliphatic carbocycles. The smallest absolute Gasteiger partial charge is 0.269 e. The Morgan fingerprint density at radius 2 is 1.65 bits per heavy atom. The molecule has 0 saturated carbocycles. The summed E-state index contributed by atoms with van der Waals surface area (Å²) in [5, 5.41) is 6.01. The maximum absolute atomic E-state index is 14.0. The van der Waals surface area contributed by atoms with E-state index in [-0.39, 0.29) is 23.4 Å². The zero-order chi connectivity index (χ0) is 25.5. The second-order valence-electron chi connectivity index (χ2n) is 9.22. The predicted molar refractivity (Wildman–Crippen MR) is 146 cm³/mol. The van der Waals surface area contributed by atoms with Gasteiger partial charge in [-0.15, -0.1) is 11.3 Å². The van der Waals surface area contributed by atoms with Crippen LogP contribution in [-0.4, -0.2) is 11.7 Å². The summed E-state index contributed by atoms with van der Waals surface area (Å²) in [7, 11) is 0. The maximum atomic E-state index is 14.0. The molecule has 6 rings (SSSR count). The van der Waals surface area contributed by atoms with Crippen LogP contribution in [0.4, 0.5) is 15.8 Å². The standard InChI is InChI=1S/C30H22ClFN2O2S/c31-21-11-7-18(8-12-21)20-16-24-28(26(35)17-20)29(19-9-13-22(32)14-10-19)34(30(36)27-6-3-15-37-27)25-5-2-1-4-23(25)33-24/h1-15,20,29,33H,16-17H2. The number of thiophene rings is 1. The first-order valence-electron chi connectivity index (χ1n) is 12.0. The van der Waals surface area contributed by atoms with E-state index in [1.54, 1.807) is 23.1 Å². The van der Waals surface area contributed by atoms with Crippen LogP contribution < -0.4 is 10.2 Å². The Bertz CT molecular complexity index is 1510. The molecule has 0 spiro atoms. The summed E-state index contributed by atoms with van der Waals surface area (Å²) >= 11 is 7.45. The van der Waals surface area contributed by atoms with Gasteiger partial charge in [-0.1, -0.05) is 54.1 Å². The Morgan fingerprint density at radius 1 is 0.919 bits per heavy atom. The van der Waals surface area contributed by atoms with E-state index in [1.807, 2.05) is 60.0 Å². The summed E-state index contributed by atoms with van der Waals surface area (Å²) in [6.45, 7) is 0. The highest BCUT2D eigenvalue weighted by Gasteiger charge is 2.42. The first-order valence-corrected chi connectivity index (χ1v) is 13.3. The van der Waals surface area contributed by atoms with E-state index in [1.165, 1.54) is 23.5 Å². The molecule has 37 heavy (non-hydrogen) atoms. The van der Waals surface area contributed by atoms with Crippen molar-refractivity contribution in [3.8, 4) is 0 Å². The molecule has 7 heteroatoms. The average Bonchev–Trinajstić information content (AvgIpc) is 3.39. The van der Waals surface area contributed by atoms with Crippen molar-refractivity contribution in [1.82, 2.24) is 0 Å². The number of rotatable bonds is 3. The Kier molecular flexibility index (Phi) is 6.14. The number of hydrogen-bond acceptors (Lipinski definition) is 4. The van der Waals surface area contributed by atoms with Crippen molar-refractivity contribution in [2.45, 2.75) is 24.8 Å². The van der Waals surface area contributed by atoms with E-state index < -0.39 is 6.04 Å². The fourth-order valence-electron chi connectivity index (χ4n) is 5.26. The maximum Gasteiger partial charge on any atom is 0.269 e. The van der Waals surface area contributed by atoms with Crippen molar-refractivity contribution in [2.75, 3.05) is 10.2 Å². The van der Waals surface area contributed by atoms with Gasteiger partial charge in [0.2, 0.25) is 0 Å². The van der Waals surface area contributed by atoms with E-state index in [2.05, 4.69) is 5.32 Å². The number of nitrogens with zero attached hydrogens (tertiary/aromatic N) is 1. The highest BCUT2D eigenvalue weighted by molar-refractivity contribution is 7.12. The molecule has 2 unspecified atom stereocenters. The lowest BCUT2D eigenvalue weighted by Crippen LogP contribution is -2.38.